The van der Waals surface area contributed by atoms with Gasteiger partial charge >= 0.3 is 0 Å². The molecule has 2 aromatic rings. The van der Waals surface area contributed by atoms with E-state index in [-0.39, 0.29) is 0 Å². The molecule has 1 fully saturated rings. The Morgan fingerprint density at radius 2 is 1.21 bits per heavy atom. The molecule has 0 saturated heterocycles. The molecule has 24 heavy (non-hydrogen) atoms. The molecular weight excluding hydrogens is 292 g/mol. The second kappa shape index (κ2) is 7.12. The Kier molecular flexibility index (Phi) is 4.55. The molecule has 2 heteroatoms. The Bertz CT molecular complexity index is 708. The highest BCUT2D eigenvalue weighted by Crippen LogP contribution is 2.24. The van der Waals surface area contributed by atoms with E-state index in [1.165, 1.54) is 43.4 Å². The molecule has 0 unspecified atom stereocenters. The van der Waals surface area contributed by atoms with E-state index in [9.17, 15) is 0 Å². The van der Waals surface area contributed by atoms with Crippen LogP contribution in [-0.4, -0.2) is 0 Å². The average Bonchev–Trinajstić information content (AvgIpc) is 3.31. The molecule has 1 saturated carbocycles. The molecule has 2 heterocycles. The van der Waals surface area contributed by atoms with E-state index in [1.54, 1.807) is 0 Å². The maximum atomic E-state index is 2.35. The molecule has 0 spiro atoms. The maximum absolute atomic E-state index is 2.35. The lowest BCUT2D eigenvalue weighted by atomic mass is 10.1. The molecule has 2 aliphatic carbocycles. The van der Waals surface area contributed by atoms with Crippen molar-refractivity contribution in [2.24, 2.45) is 11.8 Å². The highest BCUT2D eigenvalue weighted by molar-refractivity contribution is 5.60. The summed E-state index contributed by atoms with van der Waals surface area (Å²) in [7, 11) is 0. The molecule has 2 aromatic heterocycles. The predicted octanol–water partition coefficient (Wildman–Crippen LogP) is 3.86. The van der Waals surface area contributed by atoms with E-state index >= 15 is 0 Å². The Labute approximate surface area is 144 Å². The summed E-state index contributed by atoms with van der Waals surface area (Å²) in [6, 6.07) is 8.94. The van der Waals surface area contributed by atoms with Crippen LogP contribution in [0.15, 0.2) is 73.4 Å². The van der Waals surface area contributed by atoms with Crippen LogP contribution < -0.4 is 9.13 Å². The first-order valence-corrected chi connectivity index (χ1v) is 9.20. The summed E-state index contributed by atoms with van der Waals surface area (Å²) < 4.78 is 4.61. The maximum Gasteiger partial charge on any atom is 0.169 e. The molecular formula is C22H26N2+2. The van der Waals surface area contributed by atoms with E-state index in [2.05, 4.69) is 82.5 Å². The number of pyridine rings is 2. The van der Waals surface area contributed by atoms with Gasteiger partial charge in [0.25, 0.3) is 0 Å². The van der Waals surface area contributed by atoms with Crippen molar-refractivity contribution in [1.29, 1.82) is 0 Å². The fourth-order valence-corrected chi connectivity index (χ4v) is 3.88. The Morgan fingerprint density at radius 3 is 1.75 bits per heavy atom. The summed E-state index contributed by atoms with van der Waals surface area (Å²) in [6.45, 7) is 2.20. The highest BCUT2D eigenvalue weighted by atomic mass is 14.9. The number of nitrogens with zero attached hydrogens (tertiary/aromatic N) is 2. The molecule has 0 N–H and O–H groups in total. The van der Waals surface area contributed by atoms with E-state index in [0.29, 0.717) is 5.92 Å². The van der Waals surface area contributed by atoms with Crippen molar-refractivity contribution in [2.75, 3.05) is 0 Å². The molecule has 0 radical (unpaired) electrons. The second-order valence-corrected chi connectivity index (χ2v) is 7.15. The van der Waals surface area contributed by atoms with Gasteiger partial charge < -0.3 is 0 Å². The quantitative estimate of drug-likeness (QED) is 0.740. The predicted molar refractivity (Wildman–Crippen MR) is 96.0 cm³/mol. The number of aromatic nitrogens is 2. The van der Waals surface area contributed by atoms with Crippen LogP contribution in [0, 0.1) is 11.8 Å². The van der Waals surface area contributed by atoms with Crippen LogP contribution in [0.5, 0.6) is 0 Å². The second-order valence-electron chi connectivity index (χ2n) is 7.15. The van der Waals surface area contributed by atoms with Gasteiger partial charge in [-0.3, -0.25) is 0 Å². The molecule has 122 valence electrons. The zero-order valence-corrected chi connectivity index (χ0v) is 14.2. The summed E-state index contributed by atoms with van der Waals surface area (Å²) in [5.74, 6) is 1.42. The third-order valence-electron chi connectivity index (χ3n) is 5.31. The Morgan fingerprint density at radius 1 is 0.708 bits per heavy atom. The Balaban J connectivity index is 1.41. The molecule has 2 nitrogen and oxygen atoms in total. The lowest BCUT2D eigenvalue weighted by Gasteiger charge is -2.05. The minimum atomic E-state index is 0.534. The van der Waals surface area contributed by atoms with Gasteiger partial charge in [0.05, 0.1) is 5.92 Å². The van der Waals surface area contributed by atoms with Gasteiger partial charge in [0.1, 0.15) is 0 Å². The molecule has 0 bridgehead atoms. The first kappa shape index (κ1) is 15.3. The fourth-order valence-electron chi connectivity index (χ4n) is 3.88. The summed E-state index contributed by atoms with van der Waals surface area (Å²) in [5.41, 5.74) is 2.59. The molecule has 0 amide bonds. The average molecular weight is 318 g/mol. The zero-order chi connectivity index (χ0) is 16.2. The van der Waals surface area contributed by atoms with Crippen LogP contribution in [0.25, 0.3) is 11.1 Å². The minimum Gasteiger partial charge on any atom is -0.205 e. The molecule has 0 aromatic carbocycles. The van der Waals surface area contributed by atoms with Gasteiger partial charge in [-0.25, -0.2) is 9.13 Å². The normalized spacial score (nSPS) is 17.8. The smallest absolute Gasteiger partial charge is 0.169 e. The van der Waals surface area contributed by atoms with Crippen molar-refractivity contribution >= 4 is 0 Å². The topological polar surface area (TPSA) is 7.76 Å². The summed E-state index contributed by atoms with van der Waals surface area (Å²) >= 11 is 0. The lowest BCUT2D eigenvalue weighted by molar-refractivity contribution is -0.703. The van der Waals surface area contributed by atoms with Crippen LogP contribution in [0.3, 0.4) is 0 Å². The first-order chi connectivity index (χ1) is 11.9. The minimum absolute atomic E-state index is 0.534. The zero-order valence-electron chi connectivity index (χ0n) is 14.2. The standard InChI is InChI=1S/C22H26N2/c1-2-6-19(5-1)17-23-13-9-21(10-14-23)22-11-15-24(16-12-22)18-20-7-3-4-8-20/h1-2,5-6,9-16,19-20H,3-4,7-8,17-18H2/q+2. The molecule has 2 aliphatic rings. The summed E-state index contributed by atoms with van der Waals surface area (Å²) in [5, 5.41) is 0. The van der Waals surface area contributed by atoms with Gasteiger partial charge in [0.2, 0.25) is 0 Å². The highest BCUT2D eigenvalue weighted by Gasteiger charge is 2.19. The van der Waals surface area contributed by atoms with Crippen molar-refractivity contribution in [3.63, 3.8) is 0 Å². The van der Waals surface area contributed by atoms with Crippen molar-refractivity contribution in [3.05, 3.63) is 73.4 Å². The number of allylic oxidation sites excluding steroid dienone is 4. The van der Waals surface area contributed by atoms with Gasteiger partial charge in [-0.1, -0.05) is 37.1 Å². The SMILES string of the molecule is C1=CC(C[n+]2ccc(-c3cc[n+](CC4CCCC4)cc3)cc2)C=C1. The number of hydrogen-bond acceptors (Lipinski definition) is 0. The van der Waals surface area contributed by atoms with Gasteiger partial charge in [-0.2, -0.15) is 0 Å². The third kappa shape index (κ3) is 3.64. The van der Waals surface area contributed by atoms with Crippen molar-refractivity contribution in [1.82, 2.24) is 0 Å². The van der Waals surface area contributed by atoms with Crippen molar-refractivity contribution in [3.8, 4) is 11.1 Å². The van der Waals surface area contributed by atoms with E-state index in [0.717, 1.165) is 12.5 Å². The monoisotopic (exact) mass is 318 g/mol. The van der Waals surface area contributed by atoms with Crippen LogP contribution in [0.2, 0.25) is 0 Å². The summed E-state index contributed by atoms with van der Waals surface area (Å²) in [6.07, 6.45) is 23.3. The van der Waals surface area contributed by atoms with Crippen molar-refractivity contribution in [2.45, 2.75) is 38.8 Å². The third-order valence-corrected chi connectivity index (χ3v) is 5.31. The summed E-state index contributed by atoms with van der Waals surface area (Å²) in [4.78, 5) is 0. The number of hydrogen-bond donors (Lipinski definition) is 0. The first-order valence-electron chi connectivity index (χ1n) is 9.20. The van der Waals surface area contributed by atoms with Gasteiger partial charge in [-0.15, -0.1) is 0 Å². The Hall–Kier alpha value is -2.22. The largest absolute Gasteiger partial charge is 0.205 e. The van der Waals surface area contributed by atoms with E-state index < -0.39 is 0 Å². The molecule has 4 rings (SSSR count). The molecule has 0 atom stereocenters. The lowest BCUT2D eigenvalue weighted by Crippen LogP contribution is -2.36. The number of rotatable bonds is 5. The van der Waals surface area contributed by atoms with E-state index in [4.69, 9.17) is 0 Å². The van der Waals surface area contributed by atoms with Crippen LogP contribution in [0.1, 0.15) is 25.7 Å². The van der Waals surface area contributed by atoms with E-state index in [1.807, 2.05) is 0 Å². The van der Waals surface area contributed by atoms with Crippen molar-refractivity contribution < 1.29 is 9.13 Å². The fraction of sp³-hybridized carbons (Fsp3) is 0.364. The van der Waals surface area contributed by atoms with Crippen LogP contribution in [-0.2, 0) is 13.1 Å². The van der Waals surface area contributed by atoms with Gasteiger partial charge in [0, 0.05) is 30.2 Å². The molecule has 0 aliphatic heterocycles. The van der Waals surface area contributed by atoms with Crippen LogP contribution in [0.4, 0.5) is 0 Å². The van der Waals surface area contributed by atoms with Crippen LogP contribution >= 0.6 is 0 Å². The van der Waals surface area contributed by atoms with Gasteiger partial charge in [0.15, 0.2) is 37.9 Å². The van der Waals surface area contributed by atoms with Gasteiger partial charge in [-0.05, 0) is 24.0 Å².